The van der Waals surface area contributed by atoms with Gasteiger partial charge in [-0.3, -0.25) is 0 Å². The number of ether oxygens (including phenoxy) is 1. The molecule has 0 aliphatic heterocycles. The molecule has 2 N–H and O–H groups in total. The van der Waals surface area contributed by atoms with Crippen molar-refractivity contribution in [3.8, 4) is 17.0 Å². The van der Waals surface area contributed by atoms with Gasteiger partial charge in [0, 0.05) is 29.1 Å². The first-order valence-electron chi connectivity index (χ1n) is 7.67. The van der Waals surface area contributed by atoms with Crippen molar-refractivity contribution in [2.24, 2.45) is 0 Å². The van der Waals surface area contributed by atoms with Gasteiger partial charge in [-0.15, -0.1) is 0 Å². The van der Waals surface area contributed by atoms with E-state index < -0.39 is 0 Å². The number of para-hydroxylation sites is 2. The summed E-state index contributed by atoms with van der Waals surface area (Å²) in [4.78, 5) is 10.5. The molecule has 2 heterocycles. The van der Waals surface area contributed by atoms with Crippen molar-refractivity contribution < 1.29 is 4.74 Å². The monoisotopic (exact) mass is 303 g/mol. The summed E-state index contributed by atoms with van der Waals surface area (Å²) in [6.45, 7) is 0.632. The lowest BCUT2D eigenvalue weighted by Crippen LogP contribution is -2.02. The molecule has 0 spiro atoms. The molecule has 4 heteroatoms. The van der Waals surface area contributed by atoms with Crippen LogP contribution in [0.2, 0.25) is 0 Å². The number of hydrogen-bond acceptors (Lipinski definition) is 2. The highest BCUT2D eigenvalue weighted by Crippen LogP contribution is 2.28. The smallest absolute Gasteiger partial charge is 0.128 e. The van der Waals surface area contributed by atoms with E-state index in [0.717, 1.165) is 23.4 Å². The fourth-order valence-electron chi connectivity index (χ4n) is 2.83. The van der Waals surface area contributed by atoms with E-state index in [-0.39, 0.29) is 0 Å². The van der Waals surface area contributed by atoms with Crippen LogP contribution >= 0.6 is 0 Å². The zero-order valence-corrected chi connectivity index (χ0v) is 12.6. The third kappa shape index (κ3) is 2.71. The van der Waals surface area contributed by atoms with Crippen LogP contribution in [0.3, 0.4) is 0 Å². The third-order valence-electron chi connectivity index (χ3n) is 3.98. The van der Waals surface area contributed by atoms with Gasteiger partial charge < -0.3 is 14.7 Å². The minimum absolute atomic E-state index is 0.632. The first kappa shape index (κ1) is 13.6. The molecule has 4 nitrogen and oxygen atoms in total. The van der Waals surface area contributed by atoms with Crippen LogP contribution in [0.15, 0.2) is 67.3 Å². The molecule has 2 aromatic heterocycles. The van der Waals surface area contributed by atoms with Crippen molar-refractivity contribution in [2.75, 3.05) is 6.61 Å². The Morgan fingerprint density at radius 2 is 1.83 bits per heavy atom. The van der Waals surface area contributed by atoms with Crippen LogP contribution < -0.4 is 4.74 Å². The number of nitrogens with zero attached hydrogens (tertiary/aromatic N) is 1. The zero-order chi connectivity index (χ0) is 15.5. The minimum atomic E-state index is 0.632. The number of hydrogen-bond donors (Lipinski definition) is 2. The van der Waals surface area contributed by atoms with E-state index in [0.29, 0.717) is 6.61 Å². The molecule has 2 aromatic carbocycles. The van der Waals surface area contributed by atoms with Gasteiger partial charge in [0.15, 0.2) is 0 Å². The van der Waals surface area contributed by atoms with E-state index >= 15 is 0 Å². The number of aromatic amines is 2. The highest BCUT2D eigenvalue weighted by atomic mass is 16.5. The summed E-state index contributed by atoms with van der Waals surface area (Å²) in [6, 6.07) is 16.4. The van der Waals surface area contributed by atoms with E-state index in [4.69, 9.17) is 4.74 Å². The molecule has 0 unspecified atom stereocenters. The maximum absolute atomic E-state index is 6.02. The molecule has 23 heavy (non-hydrogen) atoms. The molecule has 0 bridgehead atoms. The summed E-state index contributed by atoms with van der Waals surface area (Å²) in [5, 5.41) is 1.26. The van der Waals surface area contributed by atoms with Crippen molar-refractivity contribution in [2.45, 2.75) is 6.42 Å². The van der Waals surface area contributed by atoms with E-state index in [1.165, 1.54) is 16.5 Å². The predicted molar refractivity (Wildman–Crippen MR) is 91.5 cm³/mol. The predicted octanol–water partition coefficient (Wildman–Crippen LogP) is 4.18. The Kier molecular flexibility index (Phi) is 3.56. The van der Waals surface area contributed by atoms with E-state index in [1.54, 1.807) is 6.33 Å². The van der Waals surface area contributed by atoms with Gasteiger partial charge in [0.1, 0.15) is 5.75 Å². The van der Waals surface area contributed by atoms with Crippen molar-refractivity contribution >= 4 is 10.9 Å². The highest BCUT2D eigenvalue weighted by Gasteiger charge is 2.08. The summed E-state index contributed by atoms with van der Waals surface area (Å²) >= 11 is 0. The molecular formula is C19H17N3O. The summed E-state index contributed by atoms with van der Waals surface area (Å²) in [7, 11) is 0. The topological polar surface area (TPSA) is 53.7 Å². The van der Waals surface area contributed by atoms with Crippen LogP contribution in [0.1, 0.15) is 5.56 Å². The number of nitrogens with one attached hydrogen (secondary N) is 2. The molecule has 4 aromatic rings. The van der Waals surface area contributed by atoms with Crippen LogP contribution in [-0.2, 0) is 6.42 Å². The second-order valence-corrected chi connectivity index (χ2v) is 5.42. The Balaban J connectivity index is 1.50. The van der Waals surface area contributed by atoms with Gasteiger partial charge in [-0.1, -0.05) is 30.3 Å². The average molecular weight is 303 g/mol. The second-order valence-electron chi connectivity index (χ2n) is 5.42. The molecule has 0 aliphatic carbocycles. The highest BCUT2D eigenvalue weighted by molar-refractivity contribution is 5.83. The molecule has 0 fully saturated rings. The van der Waals surface area contributed by atoms with E-state index in [2.05, 4.69) is 39.3 Å². The molecule has 114 valence electrons. The van der Waals surface area contributed by atoms with Crippen molar-refractivity contribution in [1.29, 1.82) is 0 Å². The molecule has 0 radical (unpaired) electrons. The van der Waals surface area contributed by atoms with Gasteiger partial charge >= 0.3 is 0 Å². The Bertz CT molecular complexity index is 909. The molecule has 0 saturated carbocycles. The van der Waals surface area contributed by atoms with Gasteiger partial charge in [-0.05, 0) is 23.8 Å². The van der Waals surface area contributed by atoms with Crippen LogP contribution in [-0.4, -0.2) is 21.6 Å². The lowest BCUT2D eigenvalue weighted by atomic mass is 10.1. The summed E-state index contributed by atoms with van der Waals surface area (Å²) in [5.41, 5.74) is 4.44. The SMILES string of the molecule is c1ccc(-c2cnc[nH]2)c(OCCc2c[nH]c3ccccc23)c1. The minimum Gasteiger partial charge on any atom is -0.493 e. The molecule has 0 saturated heterocycles. The Labute approximate surface area is 134 Å². The van der Waals surface area contributed by atoms with Crippen LogP contribution in [0, 0.1) is 0 Å². The fourth-order valence-corrected chi connectivity index (χ4v) is 2.83. The number of imidazole rings is 1. The maximum atomic E-state index is 6.02. The Morgan fingerprint density at radius 1 is 0.957 bits per heavy atom. The zero-order valence-electron chi connectivity index (χ0n) is 12.6. The van der Waals surface area contributed by atoms with Gasteiger partial charge in [-0.2, -0.15) is 0 Å². The number of rotatable bonds is 5. The molecule has 0 atom stereocenters. The lowest BCUT2D eigenvalue weighted by molar-refractivity contribution is 0.323. The summed E-state index contributed by atoms with van der Waals surface area (Å²) in [5.74, 6) is 0.872. The number of fused-ring (bicyclic) bond motifs is 1. The first-order chi connectivity index (χ1) is 11.4. The first-order valence-corrected chi connectivity index (χ1v) is 7.67. The molecule has 4 rings (SSSR count). The summed E-state index contributed by atoms with van der Waals surface area (Å²) in [6.07, 6.45) is 6.41. The van der Waals surface area contributed by atoms with Crippen LogP contribution in [0.4, 0.5) is 0 Å². The largest absolute Gasteiger partial charge is 0.493 e. The van der Waals surface area contributed by atoms with Crippen LogP contribution in [0.25, 0.3) is 22.2 Å². The molecule has 0 aliphatic rings. The van der Waals surface area contributed by atoms with Gasteiger partial charge in [0.05, 0.1) is 24.8 Å². The maximum Gasteiger partial charge on any atom is 0.128 e. The van der Waals surface area contributed by atoms with Crippen molar-refractivity contribution in [3.05, 3.63) is 72.8 Å². The quantitative estimate of drug-likeness (QED) is 0.581. The van der Waals surface area contributed by atoms with Crippen molar-refractivity contribution in [3.63, 3.8) is 0 Å². The van der Waals surface area contributed by atoms with Crippen LogP contribution in [0.5, 0.6) is 5.75 Å². The fraction of sp³-hybridized carbons (Fsp3) is 0.105. The second kappa shape index (κ2) is 6.01. The Morgan fingerprint density at radius 3 is 2.74 bits per heavy atom. The molecular weight excluding hydrogens is 286 g/mol. The summed E-state index contributed by atoms with van der Waals surface area (Å²) < 4.78 is 6.02. The third-order valence-corrected chi connectivity index (χ3v) is 3.98. The van der Waals surface area contributed by atoms with Gasteiger partial charge in [0.25, 0.3) is 0 Å². The number of H-pyrrole nitrogens is 2. The molecule has 0 amide bonds. The standard InChI is InChI=1S/C19H17N3O/c1-3-7-17-15(5-1)14(11-21-17)9-10-23-19-8-4-2-6-16(19)18-12-20-13-22-18/h1-8,11-13,21H,9-10H2,(H,20,22). The van der Waals surface area contributed by atoms with Gasteiger partial charge in [0.2, 0.25) is 0 Å². The van der Waals surface area contributed by atoms with E-state index in [1.807, 2.05) is 36.5 Å². The van der Waals surface area contributed by atoms with Gasteiger partial charge in [-0.25, -0.2) is 4.98 Å². The normalized spacial score (nSPS) is 11.0. The average Bonchev–Trinajstić information content (AvgIpc) is 3.26. The Hall–Kier alpha value is -3.01. The number of benzene rings is 2. The number of aromatic nitrogens is 3. The van der Waals surface area contributed by atoms with Crippen molar-refractivity contribution in [1.82, 2.24) is 15.0 Å². The van der Waals surface area contributed by atoms with E-state index in [9.17, 15) is 0 Å². The lowest BCUT2D eigenvalue weighted by Gasteiger charge is -2.10.